The van der Waals surface area contributed by atoms with E-state index < -0.39 is 6.36 Å². The molecule has 4 rings (SSSR count). The van der Waals surface area contributed by atoms with Gasteiger partial charge in [0.15, 0.2) is 0 Å². The van der Waals surface area contributed by atoms with E-state index in [0.29, 0.717) is 41.2 Å². The molecule has 0 atom stereocenters. The number of halogens is 3. The minimum atomic E-state index is -4.78. The summed E-state index contributed by atoms with van der Waals surface area (Å²) in [6.07, 6.45) is 0.0960. The predicted molar refractivity (Wildman–Crippen MR) is 111 cm³/mol. The molecule has 0 aliphatic carbocycles. The quantitative estimate of drug-likeness (QED) is 0.414. The first-order valence-corrected chi connectivity index (χ1v) is 9.51. The minimum Gasteiger partial charge on any atom is -0.490 e. The number of nitrogens with zero attached hydrogens (tertiary/aromatic N) is 2. The maximum Gasteiger partial charge on any atom is 0.573 e. The number of benzene rings is 1. The van der Waals surface area contributed by atoms with Gasteiger partial charge >= 0.3 is 6.36 Å². The van der Waals surface area contributed by atoms with Crippen molar-refractivity contribution in [3.63, 3.8) is 0 Å². The van der Waals surface area contributed by atoms with Gasteiger partial charge in [-0.05, 0) is 42.9 Å². The van der Waals surface area contributed by atoms with Gasteiger partial charge in [-0.2, -0.15) is 0 Å². The molecule has 0 spiro atoms. The average Bonchev–Trinajstić information content (AvgIpc) is 3.13. The molecule has 0 aliphatic heterocycles. The van der Waals surface area contributed by atoms with E-state index in [1.54, 1.807) is 36.8 Å². The number of likely N-dealkylation sites (N-methyl/N-ethyl adjacent to an activating group) is 1. The van der Waals surface area contributed by atoms with Gasteiger partial charge in [0, 0.05) is 30.1 Å². The lowest BCUT2D eigenvalue weighted by Gasteiger charge is -2.13. The smallest absolute Gasteiger partial charge is 0.490 e. The molecule has 160 valence electrons. The Bertz CT molecular complexity index is 1190. The summed E-state index contributed by atoms with van der Waals surface area (Å²) < 4.78 is 48.2. The number of H-pyrrole nitrogens is 1. The van der Waals surface area contributed by atoms with E-state index in [-0.39, 0.29) is 5.75 Å². The first kappa shape index (κ1) is 20.7. The van der Waals surface area contributed by atoms with Crippen molar-refractivity contribution >= 4 is 11.0 Å². The number of fused-ring (bicyclic) bond motifs is 1. The number of rotatable bonds is 7. The Kier molecular flexibility index (Phi) is 5.77. The number of hydrogen-bond acceptors (Lipinski definition) is 5. The standard InChI is InChI=1S/C22H19F3N4O2/c1-26-10-11-30-18-13-27-9-7-16(18)20-19(21-17(29-20)6-3-8-28-21)14-4-2-5-15(12-14)31-22(23,24)25/h2-9,12-13,26,29H,10-11H2,1H3. The van der Waals surface area contributed by atoms with Gasteiger partial charge in [-0.15, -0.1) is 13.2 Å². The van der Waals surface area contributed by atoms with E-state index >= 15 is 0 Å². The molecule has 1 aromatic carbocycles. The van der Waals surface area contributed by atoms with E-state index in [2.05, 4.69) is 25.0 Å². The second kappa shape index (κ2) is 8.65. The number of ether oxygens (including phenoxy) is 2. The molecule has 0 radical (unpaired) electrons. The van der Waals surface area contributed by atoms with Crippen LogP contribution in [0.5, 0.6) is 11.5 Å². The third-order valence-corrected chi connectivity index (χ3v) is 4.57. The molecule has 0 aliphatic rings. The molecule has 3 heterocycles. The monoisotopic (exact) mass is 428 g/mol. The van der Waals surface area contributed by atoms with Crippen molar-refractivity contribution in [2.75, 3.05) is 20.2 Å². The average molecular weight is 428 g/mol. The summed E-state index contributed by atoms with van der Waals surface area (Å²) in [7, 11) is 1.82. The largest absolute Gasteiger partial charge is 0.573 e. The van der Waals surface area contributed by atoms with Crippen molar-refractivity contribution in [1.29, 1.82) is 0 Å². The van der Waals surface area contributed by atoms with Crippen LogP contribution in [0.4, 0.5) is 13.2 Å². The fraction of sp³-hybridized carbons (Fsp3) is 0.182. The summed E-state index contributed by atoms with van der Waals surface area (Å²) in [5.41, 5.74) is 3.93. The Morgan fingerprint density at radius 2 is 1.97 bits per heavy atom. The van der Waals surface area contributed by atoms with Gasteiger partial charge in [0.25, 0.3) is 0 Å². The molecule has 6 nitrogen and oxygen atoms in total. The zero-order valence-electron chi connectivity index (χ0n) is 16.5. The highest BCUT2D eigenvalue weighted by Crippen LogP contribution is 2.41. The van der Waals surface area contributed by atoms with Crippen LogP contribution >= 0.6 is 0 Å². The summed E-state index contributed by atoms with van der Waals surface area (Å²) in [4.78, 5) is 11.9. The van der Waals surface area contributed by atoms with Gasteiger partial charge < -0.3 is 19.8 Å². The number of hydrogen-bond donors (Lipinski definition) is 2. The van der Waals surface area contributed by atoms with Gasteiger partial charge in [-0.3, -0.25) is 9.97 Å². The maximum atomic E-state index is 12.7. The molecule has 0 saturated carbocycles. The molecule has 9 heteroatoms. The van der Waals surface area contributed by atoms with E-state index in [1.165, 1.54) is 18.2 Å². The highest BCUT2D eigenvalue weighted by molar-refractivity contribution is 6.02. The van der Waals surface area contributed by atoms with Crippen molar-refractivity contribution in [3.05, 3.63) is 61.1 Å². The van der Waals surface area contributed by atoms with E-state index in [1.807, 2.05) is 13.1 Å². The summed E-state index contributed by atoms with van der Waals surface area (Å²) >= 11 is 0. The number of nitrogens with one attached hydrogen (secondary N) is 2. The fourth-order valence-corrected chi connectivity index (χ4v) is 3.32. The van der Waals surface area contributed by atoms with Crippen LogP contribution in [0.15, 0.2) is 61.1 Å². The SMILES string of the molecule is CNCCOc1cnccc1-c1[nH]c2cccnc2c1-c1cccc(OC(F)(F)F)c1. The van der Waals surface area contributed by atoms with Gasteiger partial charge in [0.2, 0.25) is 0 Å². The highest BCUT2D eigenvalue weighted by Gasteiger charge is 2.31. The van der Waals surface area contributed by atoms with E-state index in [4.69, 9.17) is 4.74 Å². The Morgan fingerprint density at radius 3 is 2.77 bits per heavy atom. The van der Waals surface area contributed by atoms with Gasteiger partial charge in [-0.1, -0.05) is 12.1 Å². The van der Waals surface area contributed by atoms with E-state index in [0.717, 1.165) is 11.1 Å². The lowest BCUT2D eigenvalue weighted by molar-refractivity contribution is -0.274. The van der Waals surface area contributed by atoms with Crippen molar-refractivity contribution in [1.82, 2.24) is 20.3 Å². The number of aromatic nitrogens is 3. The van der Waals surface area contributed by atoms with Crippen LogP contribution in [0.1, 0.15) is 0 Å². The Balaban J connectivity index is 1.87. The summed E-state index contributed by atoms with van der Waals surface area (Å²) in [5, 5.41) is 3.01. The Morgan fingerprint density at radius 1 is 1.10 bits per heavy atom. The van der Waals surface area contributed by atoms with Crippen LogP contribution in [0.2, 0.25) is 0 Å². The van der Waals surface area contributed by atoms with Crippen molar-refractivity contribution in [3.8, 4) is 33.9 Å². The number of alkyl halides is 3. The molecule has 0 saturated heterocycles. The van der Waals surface area contributed by atoms with Crippen LogP contribution in [0.25, 0.3) is 33.4 Å². The van der Waals surface area contributed by atoms with E-state index in [9.17, 15) is 13.2 Å². The predicted octanol–water partition coefficient (Wildman–Crippen LogP) is 4.79. The van der Waals surface area contributed by atoms with Crippen molar-refractivity contribution in [2.45, 2.75) is 6.36 Å². The maximum absolute atomic E-state index is 12.7. The molecule has 0 bridgehead atoms. The fourth-order valence-electron chi connectivity index (χ4n) is 3.32. The minimum absolute atomic E-state index is 0.304. The first-order chi connectivity index (χ1) is 15.0. The summed E-state index contributed by atoms with van der Waals surface area (Å²) in [6, 6.07) is 11.3. The Labute approximate surface area is 176 Å². The third kappa shape index (κ3) is 4.61. The third-order valence-electron chi connectivity index (χ3n) is 4.57. The second-order valence-corrected chi connectivity index (χ2v) is 6.67. The van der Waals surface area contributed by atoms with Crippen LogP contribution in [0, 0.1) is 0 Å². The second-order valence-electron chi connectivity index (χ2n) is 6.67. The molecule has 0 amide bonds. The molecule has 3 aromatic heterocycles. The number of pyridine rings is 2. The lowest BCUT2D eigenvalue weighted by Crippen LogP contribution is -2.17. The van der Waals surface area contributed by atoms with Crippen LogP contribution < -0.4 is 14.8 Å². The van der Waals surface area contributed by atoms with Gasteiger partial charge in [-0.25, -0.2) is 0 Å². The van der Waals surface area contributed by atoms with Crippen LogP contribution in [0.3, 0.4) is 0 Å². The molecule has 0 unspecified atom stereocenters. The van der Waals surface area contributed by atoms with Crippen LogP contribution in [-0.2, 0) is 0 Å². The molecular formula is C22H19F3N4O2. The van der Waals surface area contributed by atoms with Crippen molar-refractivity contribution in [2.24, 2.45) is 0 Å². The van der Waals surface area contributed by atoms with Crippen LogP contribution in [-0.4, -0.2) is 41.5 Å². The molecule has 0 fully saturated rings. The topological polar surface area (TPSA) is 72.1 Å². The van der Waals surface area contributed by atoms with Crippen molar-refractivity contribution < 1.29 is 22.6 Å². The summed E-state index contributed by atoms with van der Waals surface area (Å²) in [6.45, 7) is 1.07. The molecule has 31 heavy (non-hydrogen) atoms. The molecule has 4 aromatic rings. The normalized spacial score (nSPS) is 11.6. The lowest BCUT2D eigenvalue weighted by atomic mass is 10.0. The van der Waals surface area contributed by atoms with Gasteiger partial charge in [0.05, 0.1) is 22.9 Å². The zero-order valence-corrected chi connectivity index (χ0v) is 16.5. The molecular weight excluding hydrogens is 409 g/mol. The number of aromatic amines is 1. The van der Waals surface area contributed by atoms with Gasteiger partial charge in [0.1, 0.15) is 18.1 Å². The zero-order chi connectivity index (χ0) is 21.8. The molecule has 2 N–H and O–H groups in total. The Hall–Kier alpha value is -3.59. The summed E-state index contributed by atoms with van der Waals surface area (Å²) in [5.74, 6) is 0.245. The first-order valence-electron chi connectivity index (χ1n) is 9.51. The highest BCUT2D eigenvalue weighted by atomic mass is 19.4.